The van der Waals surface area contributed by atoms with Gasteiger partial charge in [-0.15, -0.1) is 0 Å². The maximum atomic E-state index is 5.55. The zero-order valence-electron chi connectivity index (χ0n) is 8.97. The van der Waals surface area contributed by atoms with Crippen LogP contribution >= 0.6 is 0 Å². The summed E-state index contributed by atoms with van der Waals surface area (Å²) in [6.45, 7) is 0.612. The van der Waals surface area contributed by atoms with Crippen molar-refractivity contribution >= 4 is 5.82 Å². The normalized spacial score (nSPS) is 10.0. The van der Waals surface area contributed by atoms with Gasteiger partial charge in [0.2, 0.25) is 5.88 Å². The third-order valence-corrected chi connectivity index (χ3v) is 2.23. The molecule has 0 unspecified atom stereocenters. The average molecular weight is 214 g/mol. The Kier molecular flexibility index (Phi) is 3.38. The highest BCUT2D eigenvalue weighted by molar-refractivity contribution is 5.31. The standard InChI is InChI=1S/C13H14N2O/c14-12-7-4-8-13(15-12)16-10-9-11-5-2-1-3-6-11/h1-8H,9-10H2,(H2,14,15). The SMILES string of the molecule is Nc1cccc(OCCc2ccccc2)n1. The first kappa shape index (κ1) is 10.5. The van der Waals surface area contributed by atoms with Gasteiger partial charge in [-0.3, -0.25) is 0 Å². The molecular weight excluding hydrogens is 200 g/mol. The second-order valence-electron chi connectivity index (χ2n) is 3.48. The molecule has 0 saturated heterocycles. The fourth-order valence-electron chi connectivity index (χ4n) is 1.43. The van der Waals surface area contributed by atoms with Crippen LogP contribution in [0.1, 0.15) is 5.56 Å². The van der Waals surface area contributed by atoms with Crippen LogP contribution in [0.25, 0.3) is 0 Å². The zero-order valence-corrected chi connectivity index (χ0v) is 8.97. The van der Waals surface area contributed by atoms with Gasteiger partial charge in [-0.1, -0.05) is 36.4 Å². The van der Waals surface area contributed by atoms with E-state index in [0.717, 1.165) is 6.42 Å². The molecule has 0 bridgehead atoms. The van der Waals surface area contributed by atoms with E-state index in [-0.39, 0.29) is 0 Å². The summed E-state index contributed by atoms with van der Waals surface area (Å²) in [5.41, 5.74) is 6.81. The van der Waals surface area contributed by atoms with Gasteiger partial charge in [-0.2, -0.15) is 4.98 Å². The Balaban J connectivity index is 1.85. The summed E-state index contributed by atoms with van der Waals surface area (Å²) >= 11 is 0. The van der Waals surface area contributed by atoms with Gasteiger partial charge in [0, 0.05) is 12.5 Å². The third-order valence-electron chi connectivity index (χ3n) is 2.23. The molecule has 3 heteroatoms. The molecule has 16 heavy (non-hydrogen) atoms. The highest BCUT2D eigenvalue weighted by Gasteiger charge is 1.96. The second-order valence-corrected chi connectivity index (χ2v) is 3.48. The predicted molar refractivity (Wildman–Crippen MR) is 64.3 cm³/mol. The van der Waals surface area contributed by atoms with Gasteiger partial charge in [0.25, 0.3) is 0 Å². The van der Waals surface area contributed by atoms with Crippen molar-refractivity contribution in [2.45, 2.75) is 6.42 Å². The number of rotatable bonds is 4. The highest BCUT2D eigenvalue weighted by Crippen LogP contribution is 2.09. The van der Waals surface area contributed by atoms with Gasteiger partial charge in [-0.05, 0) is 11.6 Å². The summed E-state index contributed by atoms with van der Waals surface area (Å²) in [6, 6.07) is 15.6. The van der Waals surface area contributed by atoms with E-state index in [9.17, 15) is 0 Å². The first-order chi connectivity index (χ1) is 7.84. The Morgan fingerprint density at radius 3 is 2.56 bits per heavy atom. The van der Waals surface area contributed by atoms with Crippen LogP contribution in [0.4, 0.5) is 5.82 Å². The van der Waals surface area contributed by atoms with Crippen LogP contribution in [-0.4, -0.2) is 11.6 Å². The highest BCUT2D eigenvalue weighted by atomic mass is 16.5. The third kappa shape index (κ3) is 2.98. The molecule has 1 aromatic carbocycles. The quantitative estimate of drug-likeness (QED) is 0.849. The van der Waals surface area contributed by atoms with Gasteiger partial charge < -0.3 is 10.5 Å². The number of nitrogen functional groups attached to an aromatic ring is 1. The number of benzene rings is 1. The van der Waals surface area contributed by atoms with Crippen molar-refractivity contribution in [1.29, 1.82) is 0 Å². The van der Waals surface area contributed by atoms with Crippen LogP contribution < -0.4 is 10.5 Å². The van der Waals surface area contributed by atoms with Crippen molar-refractivity contribution in [3.8, 4) is 5.88 Å². The molecule has 0 amide bonds. The molecule has 0 aliphatic carbocycles. The molecule has 2 N–H and O–H groups in total. The minimum Gasteiger partial charge on any atom is -0.477 e. The molecule has 3 nitrogen and oxygen atoms in total. The van der Waals surface area contributed by atoms with E-state index in [1.165, 1.54) is 5.56 Å². The number of nitrogens with two attached hydrogens (primary N) is 1. The summed E-state index contributed by atoms with van der Waals surface area (Å²) in [6.07, 6.45) is 0.872. The predicted octanol–water partition coefficient (Wildman–Crippen LogP) is 2.29. The fraction of sp³-hybridized carbons (Fsp3) is 0.154. The molecule has 1 heterocycles. The number of nitrogens with zero attached hydrogens (tertiary/aromatic N) is 1. The Hall–Kier alpha value is -2.03. The summed E-state index contributed by atoms with van der Waals surface area (Å²) in [5, 5.41) is 0. The van der Waals surface area contributed by atoms with E-state index in [1.54, 1.807) is 12.1 Å². The average Bonchev–Trinajstić information content (AvgIpc) is 2.30. The Morgan fingerprint density at radius 2 is 1.81 bits per heavy atom. The lowest BCUT2D eigenvalue weighted by atomic mass is 10.2. The van der Waals surface area contributed by atoms with Crippen molar-refractivity contribution in [3.05, 3.63) is 54.1 Å². The number of hydrogen-bond donors (Lipinski definition) is 1. The first-order valence-corrected chi connectivity index (χ1v) is 5.24. The van der Waals surface area contributed by atoms with Crippen molar-refractivity contribution in [2.75, 3.05) is 12.3 Å². The molecule has 0 fully saturated rings. The van der Waals surface area contributed by atoms with E-state index in [1.807, 2.05) is 24.3 Å². The molecule has 0 saturated carbocycles. The van der Waals surface area contributed by atoms with Gasteiger partial charge in [0.05, 0.1) is 6.61 Å². The fourth-order valence-corrected chi connectivity index (χ4v) is 1.43. The minimum absolute atomic E-state index is 0.484. The van der Waals surface area contributed by atoms with E-state index < -0.39 is 0 Å². The topological polar surface area (TPSA) is 48.1 Å². The maximum absolute atomic E-state index is 5.55. The molecule has 0 radical (unpaired) electrons. The van der Waals surface area contributed by atoms with E-state index in [0.29, 0.717) is 18.3 Å². The maximum Gasteiger partial charge on any atom is 0.215 e. The van der Waals surface area contributed by atoms with Crippen LogP contribution in [0.2, 0.25) is 0 Å². The summed E-state index contributed by atoms with van der Waals surface area (Å²) in [5.74, 6) is 1.06. The number of aromatic nitrogens is 1. The number of ether oxygens (including phenoxy) is 1. The lowest BCUT2D eigenvalue weighted by molar-refractivity contribution is 0.310. The molecule has 2 rings (SSSR count). The van der Waals surface area contributed by atoms with Gasteiger partial charge in [0.15, 0.2) is 0 Å². The van der Waals surface area contributed by atoms with Gasteiger partial charge >= 0.3 is 0 Å². The number of pyridine rings is 1. The van der Waals surface area contributed by atoms with Crippen LogP contribution in [-0.2, 0) is 6.42 Å². The van der Waals surface area contributed by atoms with Gasteiger partial charge in [-0.25, -0.2) is 0 Å². The number of hydrogen-bond acceptors (Lipinski definition) is 3. The monoisotopic (exact) mass is 214 g/mol. The lowest BCUT2D eigenvalue weighted by Crippen LogP contribution is -2.03. The molecule has 1 aromatic heterocycles. The smallest absolute Gasteiger partial charge is 0.215 e. The van der Waals surface area contributed by atoms with Crippen LogP contribution in [0.5, 0.6) is 5.88 Å². The van der Waals surface area contributed by atoms with Crippen molar-refractivity contribution in [2.24, 2.45) is 0 Å². The van der Waals surface area contributed by atoms with E-state index in [2.05, 4.69) is 17.1 Å². The van der Waals surface area contributed by atoms with E-state index in [4.69, 9.17) is 10.5 Å². The van der Waals surface area contributed by atoms with Crippen LogP contribution in [0.15, 0.2) is 48.5 Å². The van der Waals surface area contributed by atoms with Crippen molar-refractivity contribution in [1.82, 2.24) is 4.98 Å². The molecule has 0 spiro atoms. The zero-order chi connectivity index (χ0) is 11.2. The summed E-state index contributed by atoms with van der Waals surface area (Å²) < 4.78 is 5.50. The summed E-state index contributed by atoms with van der Waals surface area (Å²) in [4.78, 5) is 4.06. The first-order valence-electron chi connectivity index (χ1n) is 5.24. The van der Waals surface area contributed by atoms with Crippen LogP contribution in [0.3, 0.4) is 0 Å². The lowest BCUT2D eigenvalue weighted by Gasteiger charge is -2.05. The second kappa shape index (κ2) is 5.16. The molecule has 2 aromatic rings. The molecular formula is C13H14N2O. The number of anilines is 1. The minimum atomic E-state index is 0.484. The van der Waals surface area contributed by atoms with E-state index >= 15 is 0 Å². The van der Waals surface area contributed by atoms with Crippen LogP contribution in [0, 0.1) is 0 Å². The Labute approximate surface area is 94.9 Å². The molecule has 0 aliphatic rings. The Bertz CT molecular complexity index is 443. The van der Waals surface area contributed by atoms with Crippen molar-refractivity contribution in [3.63, 3.8) is 0 Å². The largest absolute Gasteiger partial charge is 0.477 e. The molecule has 0 aliphatic heterocycles. The van der Waals surface area contributed by atoms with Gasteiger partial charge in [0.1, 0.15) is 5.82 Å². The summed E-state index contributed by atoms with van der Waals surface area (Å²) in [7, 11) is 0. The van der Waals surface area contributed by atoms with Crippen molar-refractivity contribution < 1.29 is 4.74 Å². The molecule has 0 atom stereocenters. The Morgan fingerprint density at radius 1 is 1.00 bits per heavy atom. The molecule has 82 valence electrons.